The Morgan fingerprint density at radius 3 is 1.19 bits per heavy atom. The summed E-state index contributed by atoms with van der Waals surface area (Å²) in [6.45, 7) is 11.2. The lowest BCUT2D eigenvalue weighted by molar-refractivity contribution is 0.845. The van der Waals surface area contributed by atoms with Crippen LogP contribution in [0.2, 0.25) is 0 Å². The van der Waals surface area contributed by atoms with Gasteiger partial charge in [0, 0.05) is 11.4 Å². The topological polar surface area (TPSA) is 12.9 Å². The molecule has 0 saturated carbocycles. The molecule has 0 aliphatic rings. The molecule has 0 spiro atoms. The number of nitrogens with zero attached hydrogens (tertiary/aromatic N) is 1. The Balaban J connectivity index is 3.47. The second-order valence-electron chi connectivity index (χ2n) is 4.21. The maximum Gasteiger partial charge on any atom is 0.0438 e. The van der Waals surface area contributed by atoms with Crippen molar-refractivity contribution in [1.82, 2.24) is 4.98 Å². The SMILES string of the molecule is CCc1nc(CC)c(CC)c(CC)c1CC. The predicted octanol–water partition coefficient (Wildman–Crippen LogP) is 3.89. The molecule has 0 amide bonds. The second kappa shape index (κ2) is 6.03. The van der Waals surface area contributed by atoms with Crippen LogP contribution in [-0.4, -0.2) is 4.98 Å². The highest BCUT2D eigenvalue weighted by Gasteiger charge is 2.14. The average Bonchev–Trinajstić information content (AvgIpc) is 2.35. The molecular formula is C15H25N. The van der Waals surface area contributed by atoms with E-state index in [0.717, 1.165) is 32.1 Å². The highest BCUT2D eigenvalue weighted by Crippen LogP contribution is 2.23. The van der Waals surface area contributed by atoms with E-state index in [1.165, 1.54) is 22.5 Å². The highest BCUT2D eigenvalue weighted by atomic mass is 14.7. The molecule has 0 bridgehead atoms. The van der Waals surface area contributed by atoms with Crippen LogP contribution in [0.5, 0.6) is 0 Å². The molecule has 1 aromatic heterocycles. The van der Waals surface area contributed by atoms with Crippen molar-refractivity contribution in [2.24, 2.45) is 0 Å². The van der Waals surface area contributed by atoms with Crippen LogP contribution in [0.4, 0.5) is 0 Å². The van der Waals surface area contributed by atoms with Gasteiger partial charge >= 0.3 is 0 Å². The standard InChI is InChI=1S/C15H25N/c1-6-11-12(7-2)14(9-4)16-15(10-5)13(11)8-3/h6-10H2,1-5H3. The molecule has 1 heterocycles. The quantitative estimate of drug-likeness (QED) is 0.732. The van der Waals surface area contributed by atoms with Crippen LogP contribution in [0.1, 0.15) is 62.7 Å². The number of rotatable bonds is 5. The summed E-state index contributed by atoms with van der Waals surface area (Å²) in [5, 5.41) is 0. The first-order valence-corrected chi connectivity index (χ1v) is 6.75. The molecule has 0 N–H and O–H groups in total. The van der Waals surface area contributed by atoms with E-state index in [9.17, 15) is 0 Å². The van der Waals surface area contributed by atoms with Crippen LogP contribution in [0.25, 0.3) is 0 Å². The van der Waals surface area contributed by atoms with Gasteiger partial charge in [-0.15, -0.1) is 0 Å². The van der Waals surface area contributed by atoms with Gasteiger partial charge in [0.1, 0.15) is 0 Å². The van der Waals surface area contributed by atoms with Crippen molar-refractivity contribution >= 4 is 0 Å². The molecule has 16 heavy (non-hydrogen) atoms. The summed E-state index contributed by atoms with van der Waals surface area (Å²) >= 11 is 0. The molecule has 0 unspecified atom stereocenters. The first kappa shape index (κ1) is 13.2. The monoisotopic (exact) mass is 219 g/mol. The molecule has 0 aliphatic heterocycles. The Kier molecular flexibility index (Phi) is 4.98. The molecule has 1 rings (SSSR count). The highest BCUT2D eigenvalue weighted by molar-refractivity contribution is 5.41. The number of aryl methyl sites for hydroxylation is 2. The summed E-state index contributed by atoms with van der Waals surface area (Å²) in [6.07, 6.45) is 5.52. The van der Waals surface area contributed by atoms with E-state index in [1.807, 2.05) is 0 Å². The van der Waals surface area contributed by atoms with E-state index in [0.29, 0.717) is 0 Å². The molecule has 0 aromatic carbocycles. The molecule has 1 heteroatoms. The van der Waals surface area contributed by atoms with E-state index in [1.54, 1.807) is 5.56 Å². The lowest BCUT2D eigenvalue weighted by atomic mass is 9.92. The van der Waals surface area contributed by atoms with Crippen molar-refractivity contribution in [2.45, 2.75) is 66.7 Å². The van der Waals surface area contributed by atoms with Crippen molar-refractivity contribution in [3.63, 3.8) is 0 Å². The average molecular weight is 219 g/mol. The van der Waals surface area contributed by atoms with E-state index in [-0.39, 0.29) is 0 Å². The number of hydrogen-bond acceptors (Lipinski definition) is 1. The molecule has 0 atom stereocenters. The van der Waals surface area contributed by atoms with Gasteiger partial charge in [0.05, 0.1) is 0 Å². The Morgan fingerprint density at radius 2 is 0.938 bits per heavy atom. The van der Waals surface area contributed by atoms with Gasteiger partial charge in [0.25, 0.3) is 0 Å². The minimum Gasteiger partial charge on any atom is -0.257 e. The first-order valence-electron chi connectivity index (χ1n) is 6.75. The van der Waals surface area contributed by atoms with Crippen molar-refractivity contribution in [3.8, 4) is 0 Å². The maximum absolute atomic E-state index is 4.86. The summed E-state index contributed by atoms with van der Waals surface area (Å²) in [7, 11) is 0. The van der Waals surface area contributed by atoms with E-state index in [4.69, 9.17) is 4.98 Å². The minimum absolute atomic E-state index is 1.06. The Morgan fingerprint density at radius 1 is 0.562 bits per heavy atom. The summed E-state index contributed by atoms with van der Waals surface area (Å²) in [4.78, 5) is 4.86. The lowest BCUT2D eigenvalue weighted by Crippen LogP contribution is -2.10. The van der Waals surface area contributed by atoms with Gasteiger partial charge in [-0.05, 0) is 48.8 Å². The maximum atomic E-state index is 4.86. The largest absolute Gasteiger partial charge is 0.257 e. The summed E-state index contributed by atoms with van der Waals surface area (Å²) in [6, 6.07) is 0. The Hall–Kier alpha value is -0.850. The van der Waals surface area contributed by atoms with Crippen LogP contribution in [0.15, 0.2) is 0 Å². The van der Waals surface area contributed by atoms with Gasteiger partial charge in [-0.2, -0.15) is 0 Å². The fourth-order valence-corrected chi connectivity index (χ4v) is 2.67. The second-order valence-corrected chi connectivity index (χ2v) is 4.21. The zero-order chi connectivity index (χ0) is 12.1. The van der Waals surface area contributed by atoms with Crippen molar-refractivity contribution < 1.29 is 0 Å². The van der Waals surface area contributed by atoms with Gasteiger partial charge < -0.3 is 0 Å². The smallest absolute Gasteiger partial charge is 0.0438 e. The van der Waals surface area contributed by atoms with Crippen LogP contribution in [0.3, 0.4) is 0 Å². The van der Waals surface area contributed by atoms with Gasteiger partial charge in [-0.25, -0.2) is 0 Å². The van der Waals surface area contributed by atoms with Crippen molar-refractivity contribution in [1.29, 1.82) is 0 Å². The van der Waals surface area contributed by atoms with Crippen molar-refractivity contribution in [3.05, 3.63) is 28.1 Å². The zero-order valence-corrected chi connectivity index (χ0v) is 11.5. The summed E-state index contributed by atoms with van der Waals surface area (Å²) in [5.41, 5.74) is 7.26. The molecule has 1 nitrogen and oxygen atoms in total. The molecule has 90 valence electrons. The number of hydrogen-bond donors (Lipinski definition) is 0. The predicted molar refractivity (Wildman–Crippen MR) is 71.1 cm³/mol. The molecular weight excluding hydrogens is 194 g/mol. The fraction of sp³-hybridized carbons (Fsp3) is 0.667. The third-order valence-electron chi connectivity index (χ3n) is 3.43. The summed E-state index contributed by atoms with van der Waals surface area (Å²) in [5.74, 6) is 0. The van der Waals surface area contributed by atoms with Gasteiger partial charge in [0.2, 0.25) is 0 Å². The molecule has 0 radical (unpaired) electrons. The Bertz CT molecular complexity index is 323. The van der Waals surface area contributed by atoms with E-state index >= 15 is 0 Å². The zero-order valence-electron chi connectivity index (χ0n) is 11.5. The molecule has 0 fully saturated rings. The van der Waals surface area contributed by atoms with Crippen LogP contribution >= 0.6 is 0 Å². The van der Waals surface area contributed by atoms with E-state index in [2.05, 4.69) is 34.6 Å². The van der Waals surface area contributed by atoms with Crippen LogP contribution < -0.4 is 0 Å². The lowest BCUT2D eigenvalue weighted by Gasteiger charge is -2.18. The first-order chi connectivity index (χ1) is 7.73. The normalized spacial score (nSPS) is 10.8. The summed E-state index contributed by atoms with van der Waals surface area (Å²) < 4.78 is 0. The van der Waals surface area contributed by atoms with Gasteiger partial charge in [-0.3, -0.25) is 4.98 Å². The number of pyridine rings is 1. The third-order valence-corrected chi connectivity index (χ3v) is 3.43. The van der Waals surface area contributed by atoms with E-state index < -0.39 is 0 Å². The van der Waals surface area contributed by atoms with Gasteiger partial charge in [-0.1, -0.05) is 34.6 Å². The molecule has 0 saturated heterocycles. The Labute approximate surface area is 100 Å². The number of aromatic nitrogens is 1. The van der Waals surface area contributed by atoms with Crippen LogP contribution in [0, 0.1) is 0 Å². The van der Waals surface area contributed by atoms with Gasteiger partial charge in [0.15, 0.2) is 0 Å². The fourth-order valence-electron chi connectivity index (χ4n) is 2.67. The van der Waals surface area contributed by atoms with Crippen LogP contribution in [-0.2, 0) is 32.1 Å². The van der Waals surface area contributed by atoms with Crippen molar-refractivity contribution in [2.75, 3.05) is 0 Å². The minimum atomic E-state index is 1.06. The molecule has 1 aromatic rings. The third kappa shape index (κ3) is 2.28. The molecule has 0 aliphatic carbocycles.